The van der Waals surface area contributed by atoms with Crippen LogP contribution in [0.4, 0.5) is 0 Å². The minimum atomic E-state index is -0.229. The molecule has 0 unspecified atom stereocenters. The first-order chi connectivity index (χ1) is 7.21. The second kappa shape index (κ2) is 3.03. The average molecular weight is 226 g/mol. The molecule has 80 valence electrons. The van der Waals surface area contributed by atoms with Crippen molar-refractivity contribution in [1.82, 2.24) is 0 Å². The summed E-state index contributed by atoms with van der Waals surface area (Å²) in [6, 6.07) is 3.84. The first-order valence-electron chi connectivity index (χ1n) is 5.08. The lowest BCUT2D eigenvalue weighted by atomic mass is 10.0. The third kappa shape index (κ3) is 1.38. The Balaban J connectivity index is 2.11. The van der Waals surface area contributed by atoms with Crippen molar-refractivity contribution in [2.75, 3.05) is 13.2 Å². The zero-order chi connectivity index (χ0) is 10.5. The second-order valence-corrected chi connectivity index (χ2v) is 4.49. The Morgan fingerprint density at radius 2 is 1.93 bits per heavy atom. The van der Waals surface area contributed by atoms with E-state index in [9.17, 15) is 0 Å². The molecule has 0 amide bonds. The van der Waals surface area contributed by atoms with Crippen LogP contribution in [0.3, 0.4) is 0 Å². The Morgan fingerprint density at radius 1 is 1.20 bits per heavy atom. The van der Waals surface area contributed by atoms with Gasteiger partial charge < -0.3 is 15.2 Å². The molecule has 0 aromatic heterocycles. The van der Waals surface area contributed by atoms with Gasteiger partial charge in [-0.3, -0.25) is 0 Å². The molecule has 2 N–H and O–H groups in total. The second-order valence-electron chi connectivity index (χ2n) is 4.11. The van der Waals surface area contributed by atoms with Crippen molar-refractivity contribution < 1.29 is 9.47 Å². The first kappa shape index (κ1) is 9.31. The lowest BCUT2D eigenvalue weighted by Gasteiger charge is -2.22. The molecule has 1 aromatic carbocycles. The van der Waals surface area contributed by atoms with E-state index in [2.05, 4.69) is 0 Å². The molecule has 1 aromatic rings. The van der Waals surface area contributed by atoms with E-state index < -0.39 is 0 Å². The molecule has 1 fully saturated rings. The zero-order valence-electron chi connectivity index (χ0n) is 8.25. The highest BCUT2D eigenvalue weighted by Gasteiger charge is 2.42. The van der Waals surface area contributed by atoms with Crippen LogP contribution in [0.15, 0.2) is 12.1 Å². The van der Waals surface area contributed by atoms with E-state index in [0.717, 1.165) is 24.2 Å². The summed E-state index contributed by atoms with van der Waals surface area (Å²) in [5.74, 6) is 1.37. The van der Waals surface area contributed by atoms with E-state index >= 15 is 0 Å². The van der Waals surface area contributed by atoms with Crippen LogP contribution in [0.1, 0.15) is 18.4 Å². The standard InChI is InChI=1S/C11H12ClNO2/c12-9-7(11(13)3-4-11)1-2-8-10(9)15-6-5-14-8/h1-2H,3-6,13H2. The van der Waals surface area contributed by atoms with Crippen LogP contribution in [-0.4, -0.2) is 13.2 Å². The fourth-order valence-electron chi connectivity index (χ4n) is 1.87. The Morgan fingerprint density at radius 3 is 2.67 bits per heavy atom. The zero-order valence-corrected chi connectivity index (χ0v) is 9.01. The van der Waals surface area contributed by atoms with Crippen LogP contribution in [0.5, 0.6) is 11.5 Å². The Labute approximate surface area is 93.1 Å². The van der Waals surface area contributed by atoms with Crippen molar-refractivity contribution in [3.05, 3.63) is 22.7 Å². The molecular formula is C11H12ClNO2. The molecule has 1 aliphatic carbocycles. The molecule has 4 heteroatoms. The summed E-state index contributed by atoms with van der Waals surface area (Å²) in [5, 5.41) is 0.618. The molecule has 3 rings (SSSR count). The Hall–Kier alpha value is -0.930. The van der Waals surface area contributed by atoms with Crippen LogP contribution >= 0.6 is 11.6 Å². The normalized spacial score (nSPS) is 21.2. The Kier molecular flexibility index (Phi) is 1.88. The van der Waals surface area contributed by atoms with E-state index in [4.69, 9.17) is 26.8 Å². The predicted octanol–water partition coefficient (Wildman–Crippen LogP) is 2.06. The van der Waals surface area contributed by atoms with Gasteiger partial charge in [-0.25, -0.2) is 0 Å². The smallest absolute Gasteiger partial charge is 0.180 e. The minimum Gasteiger partial charge on any atom is -0.486 e. The van der Waals surface area contributed by atoms with Crippen molar-refractivity contribution >= 4 is 11.6 Å². The monoisotopic (exact) mass is 225 g/mol. The summed E-state index contributed by atoms with van der Waals surface area (Å²) in [6.45, 7) is 1.13. The van der Waals surface area contributed by atoms with Crippen molar-refractivity contribution in [3.63, 3.8) is 0 Å². The van der Waals surface area contributed by atoms with Gasteiger partial charge in [0.1, 0.15) is 13.2 Å². The molecule has 2 aliphatic rings. The Bertz CT molecular complexity index is 415. The number of halogens is 1. The molecule has 0 radical (unpaired) electrons. The highest BCUT2D eigenvalue weighted by Crippen LogP contribution is 2.50. The third-order valence-electron chi connectivity index (χ3n) is 2.97. The quantitative estimate of drug-likeness (QED) is 0.796. The summed E-state index contributed by atoms with van der Waals surface area (Å²) in [5.41, 5.74) is 6.87. The molecule has 0 atom stereocenters. The summed E-state index contributed by atoms with van der Waals surface area (Å²) in [7, 11) is 0. The van der Waals surface area contributed by atoms with Gasteiger partial charge in [0.2, 0.25) is 0 Å². The minimum absolute atomic E-state index is 0.229. The van der Waals surface area contributed by atoms with E-state index in [1.807, 2.05) is 12.1 Å². The molecular weight excluding hydrogens is 214 g/mol. The van der Waals surface area contributed by atoms with Gasteiger partial charge in [-0.05, 0) is 24.5 Å². The van der Waals surface area contributed by atoms with Gasteiger partial charge >= 0.3 is 0 Å². The number of benzene rings is 1. The maximum Gasteiger partial charge on any atom is 0.180 e. The van der Waals surface area contributed by atoms with Crippen molar-refractivity contribution in [2.24, 2.45) is 5.73 Å². The van der Waals surface area contributed by atoms with Gasteiger partial charge in [-0.1, -0.05) is 17.7 Å². The van der Waals surface area contributed by atoms with Crippen LogP contribution in [0.25, 0.3) is 0 Å². The maximum absolute atomic E-state index is 6.27. The van der Waals surface area contributed by atoms with Crippen molar-refractivity contribution in [2.45, 2.75) is 18.4 Å². The third-order valence-corrected chi connectivity index (χ3v) is 3.35. The van der Waals surface area contributed by atoms with Crippen LogP contribution < -0.4 is 15.2 Å². The van der Waals surface area contributed by atoms with Crippen LogP contribution in [-0.2, 0) is 5.54 Å². The topological polar surface area (TPSA) is 44.5 Å². The van der Waals surface area contributed by atoms with Gasteiger partial charge in [0, 0.05) is 5.54 Å². The predicted molar refractivity (Wildman–Crippen MR) is 57.5 cm³/mol. The average Bonchev–Trinajstić information content (AvgIpc) is 2.98. The van der Waals surface area contributed by atoms with Crippen LogP contribution in [0, 0.1) is 0 Å². The first-order valence-corrected chi connectivity index (χ1v) is 5.46. The molecule has 1 saturated carbocycles. The maximum atomic E-state index is 6.27. The van der Waals surface area contributed by atoms with Crippen molar-refractivity contribution in [3.8, 4) is 11.5 Å². The highest BCUT2D eigenvalue weighted by atomic mass is 35.5. The number of ether oxygens (including phenoxy) is 2. The molecule has 1 heterocycles. The molecule has 0 saturated heterocycles. The van der Waals surface area contributed by atoms with Gasteiger partial charge in [0.05, 0.1) is 5.02 Å². The molecule has 0 spiro atoms. The number of hydrogen-bond donors (Lipinski definition) is 1. The molecule has 3 nitrogen and oxygen atoms in total. The van der Waals surface area contributed by atoms with Crippen LogP contribution in [0.2, 0.25) is 5.02 Å². The fourth-order valence-corrected chi connectivity index (χ4v) is 2.27. The summed E-state index contributed by atoms with van der Waals surface area (Å²) < 4.78 is 10.9. The van der Waals surface area contributed by atoms with Gasteiger partial charge in [0.25, 0.3) is 0 Å². The number of nitrogens with two attached hydrogens (primary N) is 1. The summed E-state index contributed by atoms with van der Waals surface area (Å²) >= 11 is 6.27. The van der Waals surface area contributed by atoms with E-state index in [0.29, 0.717) is 24.0 Å². The van der Waals surface area contributed by atoms with Crippen molar-refractivity contribution in [1.29, 1.82) is 0 Å². The molecule has 15 heavy (non-hydrogen) atoms. The van der Waals surface area contributed by atoms with E-state index in [-0.39, 0.29) is 5.54 Å². The largest absolute Gasteiger partial charge is 0.486 e. The van der Waals surface area contributed by atoms with Gasteiger partial charge in [-0.15, -0.1) is 0 Å². The number of hydrogen-bond acceptors (Lipinski definition) is 3. The van der Waals surface area contributed by atoms with Gasteiger partial charge in [0.15, 0.2) is 11.5 Å². The number of fused-ring (bicyclic) bond motifs is 1. The van der Waals surface area contributed by atoms with Gasteiger partial charge in [-0.2, -0.15) is 0 Å². The summed E-state index contributed by atoms with van der Waals surface area (Å²) in [6.07, 6.45) is 1.98. The van der Waals surface area contributed by atoms with E-state index in [1.165, 1.54) is 0 Å². The SMILES string of the molecule is NC1(c2ccc3c(c2Cl)OCCO3)CC1. The van der Waals surface area contributed by atoms with E-state index in [1.54, 1.807) is 0 Å². The fraction of sp³-hybridized carbons (Fsp3) is 0.455. The lowest BCUT2D eigenvalue weighted by molar-refractivity contribution is 0.171. The highest BCUT2D eigenvalue weighted by molar-refractivity contribution is 6.33. The molecule has 0 bridgehead atoms. The summed E-state index contributed by atoms with van der Waals surface area (Å²) in [4.78, 5) is 0. The lowest BCUT2D eigenvalue weighted by Crippen LogP contribution is -2.21. The molecule has 1 aliphatic heterocycles. The number of rotatable bonds is 1.